The fraction of sp³-hybridized carbons (Fsp3) is 0.400. The van der Waals surface area contributed by atoms with E-state index in [9.17, 15) is 13.2 Å². The van der Waals surface area contributed by atoms with Crippen LogP contribution in [0.25, 0.3) is 0 Å². The van der Waals surface area contributed by atoms with E-state index < -0.39 is 12.4 Å². The first-order valence-corrected chi connectivity index (χ1v) is 4.65. The number of aliphatic hydroxyl groups is 1. The Hall–Kier alpha value is -1.27. The molecule has 0 aromatic heterocycles. The van der Waals surface area contributed by atoms with E-state index in [2.05, 4.69) is 4.74 Å². The lowest BCUT2D eigenvalue weighted by atomic mass is 10.0. The van der Waals surface area contributed by atoms with Gasteiger partial charge >= 0.3 is 6.36 Å². The minimum Gasteiger partial charge on any atom is -0.405 e. The maximum Gasteiger partial charge on any atom is 0.573 e. The molecule has 3 nitrogen and oxygen atoms in total. The van der Waals surface area contributed by atoms with Crippen molar-refractivity contribution in [2.75, 3.05) is 6.61 Å². The van der Waals surface area contributed by atoms with Crippen LogP contribution in [0.1, 0.15) is 18.0 Å². The molecule has 0 saturated carbocycles. The molecule has 1 atom stereocenters. The van der Waals surface area contributed by atoms with Gasteiger partial charge in [0.15, 0.2) is 0 Å². The fourth-order valence-corrected chi connectivity index (χ4v) is 1.30. The van der Waals surface area contributed by atoms with Gasteiger partial charge in [-0.1, -0.05) is 18.2 Å². The number of halogens is 3. The zero-order valence-corrected chi connectivity index (χ0v) is 8.37. The van der Waals surface area contributed by atoms with Crippen molar-refractivity contribution in [2.24, 2.45) is 5.73 Å². The lowest BCUT2D eigenvalue weighted by molar-refractivity contribution is -0.275. The molecule has 0 saturated heterocycles. The van der Waals surface area contributed by atoms with Crippen LogP contribution in [0.2, 0.25) is 0 Å². The molecule has 0 bridgehead atoms. The zero-order valence-electron chi connectivity index (χ0n) is 8.37. The Morgan fingerprint density at radius 2 is 1.94 bits per heavy atom. The third-order valence-electron chi connectivity index (χ3n) is 1.98. The molecule has 0 aliphatic carbocycles. The molecule has 0 spiro atoms. The zero-order chi connectivity index (χ0) is 12.2. The van der Waals surface area contributed by atoms with Gasteiger partial charge in [-0.2, -0.15) is 0 Å². The number of hydrogen-bond donors (Lipinski definition) is 2. The molecule has 6 heteroatoms. The summed E-state index contributed by atoms with van der Waals surface area (Å²) < 4.78 is 40.0. The van der Waals surface area contributed by atoms with E-state index in [-0.39, 0.29) is 24.3 Å². The molecule has 90 valence electrons. The Morgan fingerprint density at radius 3 is 2.50 bits per heavy atom. The summed E-state index contributed by atoms with van der Waals surface area (Å²) in [5.41, 5.74) is 5.85. The lowest BCUT2D eigenvalue weighted by Crippen LogP contribution is -2.20. The maximum absolute atomic E-state index is 12.1. The summed E-state index contributed by atoms with van der Waals surface area (Å²) in [6.45, 7) is -0.193. The van der Waals surface area contributed by atoms with E-state index in [1.54, 1.807) is 6.07 Å². The van der Waals surface area contributed by atoms with Crippen LogP contribution in [0.5, 0.6) is 5.75 Å². The number of aliphatic hydroxyl groups excluding tert-OH is 1. The summed E-state index contributed by atoms with van der Waals surface area (Å²) in [7, 11) is 0. The van der Waals surface area contributed by atoms with Gasteiger partial charge in [0.2, 0.25) is 0 Å². The van der Waals surface area contributed by atoms with E-state index in [0.717, 1.165) is 0 Å². The van der Waals surface area contributed by atoms with E-state index in [4.69, 9.17) is 10.8 Å². The van der Waals surface area contributed by atoms with Gasteiger partial charge < -0.3 is 15.6 Å². The number of rotatable bonds is 4. The minimum atomic E-state index is -4.74. The number of nitrogens with two attached hydrogens (primary N) is 1. The average Bonchev–Trinajstić information content (AvgIpc) is 2.16. The molecule has 1 aromatic carbocycles. The molecular formula is C10H12F3NO2. The van der Waals surface area contributed by atoms with Crippen LogP contribution in [0.4, 0.5) is 13.2 Å². The normalized spacial score (nSPS) is 13.6. The SMILES string of the molecule is N[C@H](CCO)c1ccccc1OC(F)(F)F. The highest BCUT2D eigenvalue weighted by molar-refractivity contribution is 5.35. The first-order chi connectivity index (χ1) is 7.44. The van der Waals surface area contributed by atoms with Crippen molar-refractivity contribution in [1.29, 1.82) is 0 Å². The van der Waals surface area contributed by atoms with Crippen molar-refractivity contribution < 1.29 is 23.0 Å². The highest BCUT2D eigenvalue weighted by atomic mass is 19.4. The van der Waals surface area contributed by atoms with Crippen molar-refractivity contribution >= 4 is 0 Å². The number of alkyl halides is 3. The predicted molar refractivity (Wildman–Crippen MR) is 51.8 cm³/mol. The molecule has 0 aliphatic rings. The Balaban J connectivity index is 2.91. The minimum absolute atomic E-state index is 0.179. The molecule has 1 aromatic rings. The van der Waals surface area contributed by atoms with Crippen LogP contribution < -0.4 is 10.5 Å². The second-order valence-electron chi connectivity index (χ2n) is 3.20. The van der Waals surface area contributed by atoms with Gasteiger partial charge in [-0.25, -0.2) is 0 Å². The van der Waals surface area contributed by atoms with Gasteiger partial charge in [0.05, 0.1) is 0 Å². The maximum atomic E-state index is 12.1. The molecule has 1 rings (SSSR count). The monoisotopic (exact) mass is 235 g/mol. The smallest absolute Gasteiger partial charge is 0.405 e. The Bertz CT molecular complexity index is 341. The molecule has 0 fully saturated rings. The summed E-state index contributed by atoms with van der Waals surface area (Å²) in [6.07, 6.45) is -4.56. The molecule has 0 radical (unpaired) electrons. The highest BCUT2D eigenvalue weighted by Crippen LogP contribution is 2.30. The molecular weight excluding hydrogens is 223 g/mol. The number of ether oxygens (including phenoxy) is 1. The summed E-state index contributed by atoms with van der Waals surface area (Å²) in [5, 5.41) is 8.68. The summed E-state index contributed by atoms with van der Waals surface area (Å²) in [5.74, 6) is -0.323. The van der Waals surface area contributed by atoms with Crippen LogP contribution >= 0.6 is 0 Å². The van der Waals surface area contributed by atoms with Crippen molar-refractivity contribution in [1.82, 2.24) is 0 Å². The van der Waals surface area contributed by atoms with Crippen LogP contribution in [-0.4, -0.2) is 18.1 Å². The predicted octanol–water partition coefficient (Wildman–Crippen LogP) is 1.97. The molecule has 0 unspecified atom stereocenters. The standard InChI is InChI=1S/C10H12F3NO2/c11-10(12,13)16-9-4-2-1-3-7(9)8(14)5-6-15/h1-4,8,15H,5-6,14H2/t8-/m1/s1. The molecule has 0 aliphatic heterocycles. The van der Waals surface area contributed by atoms with Crippen LogP contribution in [0.15, 0.2) is 24.3 Å². The fourth-order valence-electron chi connectivity index (χ4n) is 1.30. The summed E-state index contributed by atoms with van der Waals surface area (Å²) >= 11 is 0. The second-order valence-corrected chi connectivity index (χ2v) is 3.20. The Kier molecular flexibility index (Phi) is 4.14. The lowest BCUT2D eigenvalue weighted by Gasteiger charge is -2.17. The number of benzene rings is 1. The molecule has 3 N–H and O–H groups in total. The van der Waals surface area contributed by atoms with Gasteiger partial charge in [-0.3, -0.25) is 0 Å². The highest BCUT2D eigenvalue weighted by Gasteiger charge is 2.32. The van der Waals surface area contributed by atoms with E-state index >= 15 is 0 Å². The number of hydrogen-bond acceptors (Lipinski definition) is 3. The van der Waals surface area contributed by atoms with Crippen LogP contribution in [-0.2, 0) is 0 Å². The van der Waals surface area contributed by atoms with Gasteiger partial charge in [-0.15, -0.1) is 13.2 Å². The topological polar surface area (TPSA) is 55.5 Å². The molecule has 0 heterocycles. The molecule has 0 amide bonds. The Morgan fingerprint density at radius 1 is 1.31 bits per heavy atom. The van der Waals surface area contributed by atoms with E-state index in [0.29, 0.717) is 0 Å². The summed E-state index contributed by atoms with van der Waals surface area (Å²) in [6, 6.07) is 4.96. The second kappa shape index (κ2) is 5.18. The summed E-state index contributed by atoms with van der Waals surface area (Å²) in [4.78, 5) is 0. The van der Waals surface area contributed by atoms with Gasteiger partial charge in [0.1, 0.15) is 5.75 Å². The quantitative estimate of drug-likeness (QED) is 0.838. The Labute approximate surface area is 90.6 Å². The third-order valence-corrected chi connectivity index (χ3v) is 1.98. The van der Waals surface area contributed by atoms with Crippen LogP contribution in [0, 0.1) is 0 Å². The largest absolute Gasteiger partial charge is 0.573 e. The van der Waals surface area contributed by atoms with Gasteiger partial charge in [-0.05, 0) is 12.5 Å². The molecule has 16 heavy (non-hydrogen) atoms. The van der Waals surface area contributed by atoms with Crippen molar-refractivity contribution in [3.05, 3.63) is 29.8 Å². The first kappa shape index (κ1) is 12.8. The van der Waals surface area contributed by atoms with Gasteiger partial charge in [0.25, 0.3) is 0 Å². The number of para-hydroxylation sites is 1. The van der Waals surface area contributed by atoms with E-state index in [1.165, 1.54) is 18.2 Å². The first-order valence-electron chi connectivity index (χ1n) is 4.65. The van der Waals surface area contributed by atoms with E-state index in [1.807, 2.05) is 0 Å². The third kappa shape index (κ3) is 3.71. The van der Waals surface area contributed by atoms with Crippen LogP contribution in [0.3, 0.4) is 0 Å². The average molecular weight is 235 g/mol. The van der Waals surface area contributed by atoms with Crippen molar-refractivity contribution in [3.8, 4) is 5.75 Å². The van der Waals surface area contributed by atoms with Gasteiger partial charge in [0, 0.05) is 18.2 Å². The van der Waals surface area contributed by atoms with Crippen molar-refractivity contribution in [2.45, 2.75) is 18.8 Å². The van der Waals surface area contributed by atoms with Crippen molar-refractivity contribution in [3.63, 3.8) is 0 Å².